The minimum absolute atomic E-state index is 0.299. The van der Waals surface area contributed by atoms with Gasteiger partial charge < -0.3 is 9.47 Å². The quantitative estimate of drug-likeness (QED) is 0.852. The molecule has 0 aliphatic heterocycles. The molecule has 0 unspecified atom stereocenters. The van der Waals surface area contributed by atoms with Crippen LogP contribution in [0, 0.1) is 11.3 Å². The standard InChI is InChI=1S/C12H12BrNO2/c1-15-11-7-9(13)6-8(4-5-14)12(11)16-10-2-3-10/h6-7,10H,2-4H2,1H3. The van der Waals surface area contributed by atoms with Crippen LogP contribution in [0.4, 0.5) is 0 Å². The van der Waals surface area contributed by atoms with Gasteiger partial charge in [0.15, 0.2) is 11.5 Å². The second-order valence-electron chi connectivity index (χ2n) is 3.75. The Morgan fingerprint density at radius 1 is 1.50 bits per heavy atom. The molecule has 0 aromatic heterocycles. The van der Waals surface area contributed by atoms with E-state index in [4.69, 9.17) is 14.7 Å². The van der Waals surface area contributed by atoms with Crippen molar-refractivity contribution in [3.63, 3.8) is 0 Å². The molecule has 1 aromatic rings. The molecule has 1 fully saturated rings. The zero-order chi connectivity index (χ0) is 11.5. The van der Waals surface area contributed by atoms with Crippen molar-refractivity contribution in [2.75, 3.05) is 7.11 Å². The molecule has 0 spiro atoms. The molecule has 1 aliphatic rings. The van der Waals surface area contributed by atoms with Gasteiger partial charge in [-0.3, -0.25) is 0 Å². The molecule has 1 saturated carbocycles. The molecule has 0 N–H and O–H groups in total. The summed E-state index contributed by atoms with van der Waals surface area (Å²) in [6.45, 7) is 0. The highest BCUT2D eigenvalue weighted by Crippen LogP contribution is 2.38. The fourth-order valence-electron chi connectivity index (χ4n) is 1.48. The summed E-state index contributed by atoms with van der Waals surface area (Å²) in [7, 11) is 1.61. The smallest absolute Gasteiger partial charge is 0.165 e. The fourth-order valence-corrected chi connectivity index (χ4v) is 1.96. The van der Waals surface area contributed by atoms with Crippen LogP contribution in [0.5, 0.6) is 11.5 Å². The summed E-state index contributed by atoms with van der Waals surface area (Å²) in [6.07, 6.45) is 2.81. The maximum absolute atomic E-state index is 8.79. The van der Waals surface area contributed by atoms with E-state index >= 15 is 0 Å². The fraction of sp³-hybridized carbons (Fsp3) is 0.417. The van der Waals surface area contributed by atoms with Crippen LogP contribution in [0.1, 0.15) is 18.4 Å². The summed E-state index contributed by atoms with van der Waals surface area (Å²) < 4.78 is 12.0. The molecule has 84 valence electrons. The molecule has 2 rings (SSSR count). The molecule has 3 nitrogen and oxygen atoms in total. The number of hydrogen-bond acceptors (Lipinski definition) is 3. The number of nitriles is 1. The molecule has 0 amide bonds. The van der Waals surface area contributed by atoms with Crippen LogP contribution in [-0.4, -0.2) is 13.2 Å². The lowest BCUT2D eigenvalue weighted by Gasteiger charge is -2.14. The molecule has 1 aromatic carbocycles. The van der Waals surface area contributed by atoms with Crippen molar-refractivity contribution in [2.45, 2.75) is 25.4 Å². The van der Waals surface area contributed by atoms with E-state index in [0.717, 1.165) is 28.6 Å². The van der Waals surface area contributed by atoms with Gasteiger partial charge in [0.25, 0.3) is 0 Å². The van der Waals surface area contributed by atoms with E-state index in [1.807, 2.05) is 12.1 Å². The number of rotatable bonds is 4. The molecule has 4 heteroatoms. The molecule has 1 aliphatic carbocycles. The van der Waals surface area contributed by atoms with E-state index < -0.39 is 0 Å². The number of halogens is 1. The largest absolute Gasteiger partial charge is 0.493 e. The second kappa shape index (κ2) is 4.75. The molecular formula is C12H12BrNO2. The minimum Gasteiger partial charge on any atom is -0.493 e. The first-order valence-corrected chi connectivity index (χ1v) is 5.94. The highest BCUT2D eigenvalue weighted by Gasteiger charge is 2.26. The van der Waals surface area contributed by atoms with Crippen molar-refractivity contribution in [3.8, 4) is 17.6 Å². The monoisotopic (exact) mass is 281 g/mol. The molecule has 0 bridgehead atoms. The van der Waals surface area contributed by atoms with Crippen molar-refractivity contribution in [1.29, 1.82) is 5.26 Å². The third-order valence-electron chi connectivity index (χ3n) is 2.39. The maximum Gasteiger partial charge on any atom is 0.165 e. The molecule has 0 atom stereocenters. The summed E-state index contributed by atoms with van der Waals surface area (Å²) in [5, 5.41) is 8.79. The van der Waals surface area contributed by atoms with Gasteiger partial charge in [0.05, 0.1) is 25.7 Å². The van der Waals surface area contributed by atoms with Crippen LogP contribution in [0.3, 0.4) is 0 Å². The Bertz CT molecular complexity index is 435. The number of ether oxygens (including phenoxy) is 2. The van der Waals surface area contributed by atoms with E-state index in [-0.39, 0.29) is 0 Å². The Morgan fingerprint density at radius 2 is 2.25 bits per heavy atom. The third kappa shape index (κ3) is 2.48. The zero-order valence-electron chi connectivity index (χ0n) is 9.00. The predicted molar refractivity (Wildman–Crippen MR) is 63.7 cm³/mol. The Balaban J connectivity index is 2.38. The Hall–Kier alpha value is -1.21. The van der Waals surface area contributed by atoms with Crippen LogP contribution in [0.15, 0.2) is 16.6 Å². The van der Waals surface area contributed by atoms with Crippen LogP contribution in [0.25, 0.3) is 0 Å². The van der Waals surface area contributed by atoms with Crippen LogP contribution < -0.4 is 9.47 Å². The van der Waals surface area contributed by atoms with Crippen molar-refractivity contribution in [2.24, 2.45) is 0 Å². The first kappa shape index (κ1) is 11.3. The lowest BCUT2D eigenvalue weighted by Crippen LogP contribution is -2.02. The van der Waals surface area contributed by atoms with Gasteiger partial charge in [-0.2, -0.15) is 5.26 Å². The number of benzene rings is 1. The average molecular weight is 282 g/mol. The minimum atomic E-state index is 0.299. The molecular weight excluding hydrogens is 270 g/mol. The summed E-state index contributed by atoms with van der Waals surface area (Å²) in [5.74, 6) is 1.40. The van der Waals surface area contributed by atoms with Crippen LogP contribution in [0.2, 0.25) is 0 Å². The number of hydrogen-bond donors (Lipinski definition) is 0. The molecule has 16 heavy (non-hydrogen) atoms. The van der Waals surface area contributed by atoms with Gasteiger partial charge in [0.1, 0.15) is 0 Å². The number of methoxy groups -OCH3 is 1. The average Bonchev–Trinajstić information content (AvgIpc) is 3.05. The van der Waals surface area contributed by atoms with E-state index in [9.17, 15) is 0 Å². The van der Waals surface area contributed by atoms with E-state index in [2.05, 4.69) is 22.0 Å². The molecule has 0 heterocycles. The Kier molecular flexibility index (Phi) is 3.35. The highest BCUT2D eigenvalue weighted by atomic mass is 79.9. The Morgan fingerprint density at radius 3 is 2.81 bits per heavy atom. The number of nitrogens with zero attached hydrogens (tertiary/aromatic N) is 1. The highest BCUT2D eigenvalue weighted by molar-refractivity contribution is 9.10. The van der Waals surface area contributed by atoms with Crippen molar-refractivity contribution in [3.05, 3.63) is 22.2 Å². The lowest BCUT2D eigenvalue weighted by molar-refractivity contribution is 0.279. The first-order chi connectivity index (χ1) is 7.74. The predicted octanol–water partition coefficient (Wildman–Crippen LogP) is 3.06. The van der Waals surface area contributed by atoms with Gasteiger partial charge in [0, 0.05) is 10.0 Å². The van der Waals surface area contributed by atoms with Crippen LogP contribution in [-0.2, 0) is 6.42 Å². The van der Waals surface area contributed by atoms with Crippen molar-refractivity contribution in [1.82, 2.24) is 0 Å². The summed E-state index contributed by atoms with van der Waals surface area (Å²) in [4.78, 5) is 0. The van der Waals surface area contributed by atoms with E-state index in [1.165, 1.54) is 0 Å². The Labute approximate surface area is 103 Å². The molecule has 0 saturated heterocycles. The molecule has 0 radical (unpaired) electrons. The van der Waals surface area contributed by atoms with Gasteiger partial charge in [-0.25, -0.2) is 0 Å². The van der Waals surface area contributed by atoms with E-state index in [1.54, 1.807) is 7.11 Å². The first-order valence-electron chi connectivity index (χ1n) is 5.14. The van der Waals surface area contributed by atoms with Gasteiger partial charge in [-0.15, -0.1) is 0 Å². The second-order valence-corrected chi connectivity index (χ2v) is 4.66. The summed E-state index contributed by atoms with van der Waals surface area (Å²) >= 11 is 3.39. The zero-order valence-corrected chi connectivity index (χ0v) is 10.6. The lowest BCUT2D eigenvalue weighted by atomic mass is 10.1. The van der Waals surface area contributed by atoms with Gasteiger partial charge in [0.2, 0.25) is 0 Å². The summed E-state index contributed by atoms with van der Waals surface area (Å²) in [6, 6.07) is 5.91. The van der Waals surface area contributed by atoms with Crippen molar-refractivity contribution >= 4 is 15.9 Å². The third-order valence-corrected chi connectivity index (χ3v) is 2.85. The topological polar surface area (TPSA) is 42.2 Å². The summed E-state index contributed by atoms with van der Waals surface area (Å²) in [5.41, 5.74) is 0.876. The van der Waals surface area contributed by atoms with Gasteiger partial charge >= 0.3 is 0 Å². The normalized spacial score (nSPS) is 14.3. The SMILES string of the molecule is COc1cc(Br)cc(CC#N)c1OC1CC1. The van der Waals surface area contributed by atoms with E-state index in [0.29, 0.717) is 18.3 Å². The van der Waals surface area contributed by atoms with Crippen LogP contribution >= 0.6 is 15.9 Å². The van der Waals surface area contributed by atoms with Crippen molar-refractivity contribution < 1.29 is 9.47 Å². The maximum atomic E-state index is 8.79. The van der Waals surface area contributed by atoms with Gasteiger partial charge in [-0.1, -0.05) is 15.9 Å². The van der Waals surface area contributed by atoms with Gasteiger partial charge in [-0.05, 0) is 25.0 Å².